The van der Waals surface area contributed by atoms with Crippen molar-refractivity contribution in [1.82, 2.24) is 0 Å². The first-order valence-electron chi connectivity index (χ1n) is 21.2. The summed E-state index contributed by atoms with van der Waals surface area (Å²) in [5.41, 5.74) is 9.12. The molecule has 1 atom stereocenters. The number of allylic oxidation sites excluding steroid dienone is 4. The Bertz CT molecular complexity index is 1620. The number of rotatable bonds is 23. The van der Waals surface area contributed by atoms with Crippen LogP contribution in [0.5, 0.6) is 5.75 Å². The van der Waals surface area contributed by atoms with Crippen LogP contribution in [-0.2, 0) is 38.3 Å². The zero-order valence-electron chi connectivity index (χ0n) is 34.7. The molecule has 4 rings (SSSR count). The van der Waals surface area contributed by atoms with Gasteiger partial charge in [-0.3, -0.25) is 0 Å². The van der Waals surface area contributed by atoms with Crippen LogP contribution in [0.4, 0.5) is 0 Å². The van der Waals surface area contributed by atoms with Gasteiger partial charge in [-0.1, -0.05) is 82.7 Å². The van der Waals surface area contributed by atoms with Crippen LogP contribution in [0.3, 0.4) is 0 Å². The van der Waals surface area contributed by atoms with Crippen molar-refractivity contribution < 1.29 is 34.0 Å². The van der Waals surface area contributed by atoms with E-state index in [2.05, 4.69) is 75.6 Å². The summed E-state index contributed by atoms with van der Waals surface area (Å²) in [5, 5.41) is 19.4. The molecule has 1 saturated carbocycles. The minimum atomic E-state index is -0.406. The fraction of sp³-hybridized carbons (Fsp3) is 0.551. The van der Waals surface area contributed by atoms with Crippen LogP contribution in [0.15, 0.2) is 78.4 Å². The van der Waals surface area contributed by atoms with Gasteiger partial charge in [0.25, 0.3) is 0 Å². The van der Waals surface area contributed by atoms with Crippen molar-refractivity contribution in [2.45, 2.75) is 124 Å². The van der Waals surface area contributed by atoms with Crippen molar-refractivity contribution in [3.63, 3.8) is 0 Å². The summed E-state index contributed by atoms with van der Waals surface area (Å²) < 4.78 is 17.4. The molecule has 0 aliphatic heterocycles. The molecule has 1 fully saturated rings. The van der Waals surface area contributed by atoms with E-state index in [1.165, 1.54) is 67.2 Å². The summed E-state index contributed by atoms with van der Waals surface area (Å²) in [6.07, 6.45) is 21.6. The van der Waals surface area contributed by atoms with Crippen LogP contribution in [0.2, 0.25) is 0 Å². The summed E-state index contributed by atoms with van der Waals surface area (Å²) in [6, 6.07) is 11.3. The van der Waals surface area contributed by atoms with Crippen molar-refractivity contribution in [2.24, 2.45) is 17.8 Å². The van der Waals surface area contributed by atoms with Gasteiger partial charge in [-0.25, -0.2) is 9.59 Å². The minimum absolute atomic E-state index is 0.120. The monoisotopic (exact) mass is 768 g/mol. The fourth-order valence-corrected chi connectivity index (χ4v) is 8.02. The maximum atomic E-state index is 12.1. The number of carbonyl (C=O) groups is 2. The summed E-state index contributed by atoms with van der Waals surface area (Å²) in [5.74, 6) is 1.64. The second kappa shape index (κ2) is 23.3. The van der Waals surface area contributed by atoms with Crippen molar-refractivity contribution in [1.29, 1.82) is 0 Å². The first-order chi connectivity index (χ1) is 27.1. The maximum absolute atomic E-state index is 12.1. The Labute approximate surface area is 336 Å². The lowest BCUT2D eigenvalue weighted by Crippen LogP contribution is -2.16. The molecule has 0 amide bonds. The Balaban J connectivity index is 1.59. The summed E-state index contributed by atoms with van der Waals surface area (Å²) in [7, 11) is 0. The standard InChI is InChI=1S/C49H68O7/c1-7-9-12-36-15-17-39(18-16-36)40-19-21-41(22-20-40)42-23-24-46(38(8-2)29-42)45-30-43(13-10-26-55-48(52)34(3)4)47(54-28-25-37(32-50)33-51)44(31-45)14-11-27-56-49(53)35(5)6/h19-21,23-24,29-31,36-37,39,41,50-51H,3,5,7-18,22,25-28,32-33H2,1-2,4,6H3. The molecule has 2 aliphatic carbocycles. The topological polar surface area (TPSA) is 102 Å². The predicted octanol–water partition coefficient (Wildman–Crippen LogP) is 10.4. The van der Waals surface area contributed by atoms with E-state index in [0.29, 0.717) is 61.7 Å². The molecular formula is C49H68O7. The molecule has 7 nitrogen and oxygen atoms in total. The molecule has 0 spiro atoms. The van der Waals surface area contributed by atoms with E-state index in [1.54, 1.807) is 13.8 Å². The van der Waals surface area contributed by atoms with Crippen molar-refractivity contribution >= 4 is 11.9 Å². The maximum Gasteiger partial charge on any atom is 0.333 e. The Morgan fingerprint density at radius 3 is 1.96 bits per heavy atom. The highest BCUT2D eigenvalue weighted by atomic mass is 16.5. The third kappa shape index (κ3) is 13.3. The highest BCUT2D eigenvalue weighted by molar-refractivity contribution is 5.87. The molecule has 2 N–H and O–H groups in total. The van der Waals surface area contributed by atoms with Gasteiger partial charge >= 0.3 is 11.9 Å². The number of aliphatic hydroxyl groups excluding tert-OH is 2. The number of carbonyl (C=O) groups excluding carboxylic acids is 2. The molecule has 1 unspecified atom stereocenters. The van der Waals surface area contributed by atoms with E-state index >= 15 is 0 Å². The Morgan fingerprint density at radius 2 is 1.45 bits per heavy atom. The number of esters is 2. The number of aryl methyl sites for hydroxylation is 3. The van der Waals surface area contributed by atoms with E-state index in [0.717, 1.165) is 41.2 Å². The van der Waals surface area contributed by atoms with E-state index in [-0.39, 0.29) is 32.3 Å². The number of unbranched alkanes of at least 4 members (excludes halogenated alkanes) is 1. The number of benzene rings is 2. The smallest absolute Gasteiger partial charge is 0.333 e. The minimum Gasteiger partial charge on any atom is -0.493 e. The van der Waals surface area contributed by atoms with Gasteiger partial charge in [-0.15, -0.1) is 0 Å². The lowest BCUT2D eigenvalue weighted by molar-refractivity contribution is -0.139. The predicted molar refractivity (Wildman–Crippen MR) is 227 cm³/mol. The van der Waals surface area contributed by atoms with Crippen molar-refractivity contribution in [3.05, 3.63) is 101 Å². The highest BCUT2D eigenvalue weighted by Crippen LogP contribution is 2.40. The highest BCUT2D eigenvalue weighted by Gasteiger charge is 2.25. The molecule has 306 valence electrons. The summed E-state index contributed by atoms with van der Waals surface area (Å²) in [6.45, 7) is 15.7. The Kier molecular flexibility index (Phi) is 18.7. The number of hydrogen-bond acceptors (Lipinski definition) is 7. The van der Waals surface area contributed by atoms with E-state index < -0.39 is 11.9 Å². The first-order valence-corrected chi connectivity index (χ1v) is 21.2. The lowest BCUT2D eigenvalue weighted by Gasteiger charge is -2.31. The third-order valence-corrected chi connectivity index (χ3v) is 11.5. The molecule has 0 heterocycles. The average Bonchev–Trinajstić information content (AvgIpc) is 3.22. The average molecular weight is 769 g/mol. The largest absolute Gasteiger partial charge is 0.493 e. The second-order valence-electron chi connectivity index (χ2n) is 16.1. The van der Waals surface area contributed by atoms with E-state index in [4.69, 9.17) is 14.2 Å². The van der Waals surface area contributed by atoms with E-state index in [1.807, 2.05) is 0 Å². The van der Waals surface area contributed by atoms with Crippen molar-refractivity contribution in [3.8, 4) is 16.9 Å². The van der Waals surface area contributed by atoms with Gasteiger partial charge in [-0.2, -0.15) is 0 Å². The van der Waals surface area contributed by atoms with Crippen molar-refractivity contribution in [2.75, 3.05) is 33.0 Å². The van der Waals surface area contributed by atoms with Gasteiger partial charge in [0.1, 0.15) is 5.75 Å². The van der Waals surface area contributed by atoms with Gasteiger partial charge in [0, 0.05) is 36.2 Å². The lowest BCUT2D eigenvalue weighted by atomic mass is 9.75. The van der Waals surface area contributed by atoms with Crippen LogP contribution in [0.25, 0.3) is 11.1 Å². The molecule has 2 aliphatic rings. The molecular weight excluding hydrogens is 701 g/mol. The van der Waals surface area contributed by atoms with Crippen LogP contribution in [-0.4, -0.2) is 55.2 Å². The molecule has 0 bridgehead atoms. The van der Waals surface area contributed by atoms with E-state index in [9.17, 15) is 19.8 Å². The second-order valence-corrected chi connectivity index (χ2v) is 16.1. The zero-order valence-corrected chi connectivity index (χ0v) is 34.7. The number of aliphatic hydroxyl groups is 2. The summed E-state index contributed by atoms with van der Waals surface area (Å²) in [4.78, 5) is 24.2. The molecule has 2 aromatic rings. The molecule has 0 radical (unpaired) electrons. The number of hydrogen-bond donors (Lipinski definition) is 2. The molecule has 7 heteroatoms. The van der Waals surface area contributed by atoms with Crippen LogP contribution < -0.4 is 4.74 Å². The Morgan fingerprint density at radius 1 is 0.821 bits per heavy atom. The summed E-state index contributed by atoms with van der Waals surface area (Å²) >= 11 is 0. The zero-order chi connectivity index (χ0) is 40.5. The van der Waals surface area contributed by atoms with Gasteiger partial charge in [0.05, 0.1) is 19.8 Å². The van der Waals surface area contributed by atoms with Gasteiger partial charge in [0.15, 0.2) is 0 Å². The quantitative estimate of drug-likeness (QED) is 0.0659. The van der Waals surface area contributed by atoms with Crippen LogP contribution in [0, 0.1) is 17.8 Å². The number of ether oxygens (including phenoxy) is 3. The van der Waals surface area contributed by atoms with Gasteiger partial charge < -0.3 is 24.4 Å². The molecule has 2 aromatic carbocycles. The molecule has 0 saturated heterocycles. The first kappa shape index (κ1) is 44.8. The Hall–Kier alpha value is -3.94. The van der Waals surface area contributed by atoms with Gasteiger partial charge in [0.2, 0.25) is 0 Å². The SMILES string of the molecule is C=C(C)C(=O)OCCCc1cc(-c2ccc(C3C=CC(C4CCC(CCCC)CC4)=CC3)cc2CC)cc(CCCOC(=O)C(=C)C)c1OCCC(CO)CO. The fourth-order valence-electron chi connectivity index (χ4n) is 8.02. The van der Waals surface area contributed by atoms with Gasteiger partial charge in [-0.05, 0) is 147 Å². The van der Waals surface area contributed by atoms with Crippen LogP contribution >= 0.6 is 0 Å². The molecule has 56 heavy (non-hydrogen) atoms. The normalized spacial score (nSPS) is 18.1. The van der Waals surface area contributed by atoms with Crippen LogP contribution in [0.1, 0.15) is 126 Å². The third-order valence-electron chi connectivity index (χ3n) is 11.5. The molecule has 0 aromatic heterocycles.